The molecular formula is C19H17N3O3S. The second-order valence-corrected chi connectivity index (χ2v) is 6.94. The standard InChI is InChI=1S/C19H17N3O3S/c1-24-15-9-7-14(8-10-15)22-17(13-5-3-2-4-6-13)20-21-19(22)26-16-11-12-25-18(16)23/h2-10,16H,11-12H2,1H3/t16-/m1/s1. The van der Waals surface area contributed by atoms with Crippen LogP contribution in [0.25, 0.3) is 17.1 Å². The van der Waals surface area contributed by atoms with Crippen molar-refractivity contribution in [1.82, 2.24) is 14.8 Å². The molecule has 1 aliphatic heterocycles. The van der Waals surface area contributed by atoms with Crippen LogP contribution in [0, 0.1) is 0 Å². The third-order valence-electron chi connectivity index (χ3n) is 4.13. The summed E-state index contributed by atoms with van der Waals surface area (Å²) in [4.78, 5) is 11.9. The Bertz CT molecular complexity index is 910. The molecule has 4 rings (SSSR count). The van der Waals surface area contributed by atoms with E-state index in [2.05, 4.69) is 10.2 Å². The van der Waals surface area contributed by atoms with Gasteiger partial charge in [-0.25, -0.2) is 0 Å². The molecule has 1 fully saturated rings. The highest BCUT2D eigenvalue weighted by molar-refractivity contribution is 8.00. The van der Waals surface area contributed by atoms with Gasteiger partial charge in [-0.1, -0.05) is 42.1 Å². The molecule has 2 aromatic carbocycles. The molecule has 0 N–H and O–H groups in total. The van der Waals surface area contributed by atoms with Crippen LogP contribution in [0.3, 0.4) is 0 Å². The quantitative estimate of drug-likeness (QED) is 0.644. The zero-order chi connectivity index (χ0) is 17.9. The molecule has 132 valence electrons. The van der Waals surface area contributed by atoms with Gasteiger partial charge in [0.25, 0.3) is 0 Å². The second kappa shape index (κ2) is 7.21. The zero-order valence-electron chi connectivity index (χ0n) is 14.2. The summed E-state index contributed by atoms with van der Waals surface area (Å²) in [5, 5.41) is 9.14. The fourth-order valence-electron chi connectivity index (χ4n) is 2.80. The van der Waals surface area contributed by atoms with Crippen molar-refractivity contribution in [2.75, 3.05) is 13.7 Å². The monoisotopic (exact) mass is 367 g/mol. The maximum atomic E-state index is 11.9. The Morgan fingerprint density at radius 2 is 1.88 bits per heavy atom. The lowest BCUT2D eigenvalue weighted by Gasteiger charge is -2.12. The largest absolute Gasteiger partial charge is 0.497 e. The van der Waals surface area contributed by atoms with Crippen molar-refractivity contribution in [3.8, 4) is 22.8 Å². The van der Waals surface area contributed by atoms with Gasteiger partial charge in [0.15, 0.2) is 11.0 Å². The molecule has 6 nitrogen and oxygen atoms in total. The molecule has 0 unspecified atom stereocenters. The van der Waals surface area contributed by atoms with Crippen molar-refractivity contribution in [2.24, 2.45) is 0 Å². The smallest absolute Gasteiger partial charge is 0.319 e. The molecule has 0 saturated carbocycles. The molecule has 3 aromatic rings. The van der Waals surface area contributed by atoms with E-state index in [9.17, 15) is 4.79 Å². The predicted molar refractivity (Wildman–Crippen MR) is 98.6 cm³/mol. The van der Waals surface area contributed by atoms with Gasteiger partial charge in [0, 0.05) is 17.7 Å². The molecular weight excluding hydrogens is 350 g/mol. The molecule has 0 amide bonds. The van der Waals surface area contributed by atoms with Gasteiger partial charge in [-0.2, -0.15) is 0 Å². The highest BCUT2D eigenvalue weighted by Gasteiger charge is 2.30. The molecule has 26 heavy (non-hydrogen) atoms. The van der Waals surface area contributed by atoms with Gasteiger partial charge in [-0.15, -0.1) is 10.2 Å². The number of cyclic esters (lactones) is 1. The van der Waals surface area contributed by atoms with E-state index in [-0.39, 0.29) is 11.2 Å². The van der Waals surface area contributed by atoms with E-state index in [1.807, 2.05) is 59.2 Å². The van der Waals surface area contributed by atoms with Gasteiger partial charge in [0.05, 0.1) is 13.7 Å². The number of hydrogen-bond donors (Lipinski definition) is 0. The van der Waals surface area contributed by atoms with Crippen LogP contribution in [-0.4, -0.2) is 39.7 Å². The van der Waals surface area contributed by atoms with Crippen molar-refractivity contribution >= 4 is 17.7 Å². The minimum Gasteiger partial charge on any atom is -0.497 e. The van der Waals surface area contributed by atoms with Gasteiger partial charge in [-0.3, -0.25) is 9.36 Å². The summed E-state index contributed by atoms with van der Waals surface area (Å²) in [5.74, 6) is 1.31. The van der Waals surface area contributed by atoms with E-state index in [0.29, 0.717) is 18.2 Å². The molecule has 0 aliphatic carbocycles. The van der Waals surface area contributed by atoms with Crippen LogP contribution in [0.5, 0.6) is 5.75 Å². The van der Waals surface area contributed by atoms with Crippen LogP contribution >= 0.6 is 11.8 Å². The second-order valence-electron chi connectivity index (χ2n) is 5.77. The lowest BCUT2D eigenvalue weighted by molar-refractivity contribution is -0.137. The molecule has 1 aliphatic rings. The van der Waals surface area contributed by atoms with Crippen LogP contribution in [0.4, 0.5) is 0 Å². The third kappa shape index (κ3) is 3.17. The number of ether oxygens (including phenoxy) is 2. The number of rotatable bonds is 5. The Morgan fingerprint density at radius 3 is 2.54 bits per heavy atom. The third-order valence-corrected chi connectivity index (χ3v) is 5.32. The van der Waals surface area contributed by atoms with Crippen molar-refractivity contribution in [2.45, 2.75) is 16.8 Å². The fraction of sp³-hybridized carbons (Fsp3) is 0.211. The Balaban J connectivity index is 1.78. The summed E-state index contributed by atoms with van der Waals surface area (Å²) in [5.41, 5.74) is 1.86. The van der Waals surface area contributed by atoms with Crippen molar-refractivity contribution in [1.29, 1.82) is 0 Å². The maximum Gasteiger partial charge on any atom is 0.319 e. The van der Waals surface area contributed by atoms with Gasteiger partial charge in [0.1, 0.15) is 11.0 Å². The SMILES string of the molecule is COc1ccc(-n2c(S[C@@H]3CCOC3=O)nnc2-c2ccccc2)cc1. The van der Waals surface area contributed by atoms with Crippen molar-refractivity contribution in [3.05, 3.63) is 54.6 Å². The zero-order valence-corrected chi connectivity index (χ0v) is 15.0. The number of methoxy groups -OCH3 is 1. The normalized spacial score (nSPS) is 16.5. The maximum absolute atomic E-state index is 11.9. The average Bonchev–Trinajstić information content (AvgIpc) is 3.29. The Hall–Kier alpha value is -2.80. The average molecular weight is 367 g/mol. The van der Waals surface area contributed by atoms with E-state index in [1.165, 1.54) is 11.8 Å². The fourth-order valence-corrected chi connectivity index (χ4v) is 3.81. The Morgan fingerprint density at radius 1 is 1.12 bits per heavy atom. The van der Waals surface area contributed by atoms with Gasteiger partial charge < -0.3 is 9.47 Å². The number of carbonyl (C=O) groups is 1. The first kappa shape index (κ1) is 16.7. The number of aromatic nitrogens is 3. The lowest BCUT2D eigenvalue weighted by Crippen LogP contribution is -2.11. The van der Waals surface area contributed by atoms with E-state index >= 15 is 0 Å². The van der Waals surface area contributed by atoms with Gasteiger partial charge in [-0.05, 0) is 24.3 Å². The van der Waals surface area contributed by atoms with E-state index in [0.717, 1.165) is 22.8 Å². The number of carbonyl (C=O) groups excluding carboxylic acids is 1. The van der Waals surface area contributed by atoms with E-state index < -0.39 is 0 Å². The van der Waals surface area contributed by atoms with Crippen LogP contribution in [-0.2, 0) is 9.53 Å². The first-order valence-electron chi connectivity index (χ1n) is 8.25. The minimum absolute atomic E-state index is 0.194. The predicted octanol–water partition coefficient (Wildman–Crippen LogP) is 3.35. The van der Waals surface area contributed by atoms with Gasteiger partial charge >= 0.3 is 5.97 Å². The Kier molecular flexibility index (Phi) is 4.62. The van der Waals surface area contributed by atoms with Crippen LogP contribution in [0.15, 0.2) is 59.8 Å². The number of hydrogen-bond acceptors (Lipinski definition) is 6. The summed E-state index contributed by atoms with van der Waals surface area (Å²) in [6.45, 7) is 0.457. The first-order chi connectivity index (χ1) is 12.8. The Labute approximate surface area is 155 Å². The van der Waals surface area contributed by atoms with Gasteiger partial charge in [0.2, 0.25) is 0 Å². The molecule has 1 saturated heterocycles. The van der Waals surface area contributed by atoms with Crippen molar-refractivity contribution < 1.29 is 14.3 Å². The number of benzene rings is 2. The highest BCUT2D eigenvalue weighted by Crippen LogP contribution is 2.33. The molecule has 0 radical (unpaired) electrons. The topological polar surface area (TPSA) is 66.2 Å². The summed E-state index contributed by atoms with van der Waals surface area (Å²) < 4.78 is 12.3. The molecule has 0 spiro atoms. The summed E-state index contributed by atoms with van der Waals surface area (Å²) in [6.07, 6.45) is 0.680. The van der Waals surface area contributed by atoms with Crippen molar-refractivity contribution in [3.63, 3.8) is 0 Å². The van der Waals surface area contributed by atoms with E-state index in [1.54, 1.807) is 7.11 Å². The molecule has 1 aromatic heterocycles. The highest BCUT2D eigenvalue weighted by atomic mass is 32.2. The first-order valence-corrected chi connectivity index (χ1v) is 9.13. The lowest BCUT2D eigenvalue weighted by atomic mass is 10.2. The van der Waals surface area contributed by atoms with Crippen LogP contribution in [0.2, 0.25) is 0 Å². The molecule has 1 atom stereocenters. The summed E-state index contributed by atoms with van der Waals surface area (Å²) in [7, 11) is 1.64. The summed E-state index contributed by atoms with van der Waals surface area (Å²) in [6, 6.07) is 17.5. The molecule has 7 heteroatoms. The summed E-state index contributed by atoms with van der Waals surface area (Å²) >= 11 is 1.39. The van der Waals surface area contributed by atoms with Crippen LogP contribution in [0.1, 0.15) is 6.42 Å². The molecule has 0 bridgehead atoms. The molecule has 2 heterocycles. The van der Waals surface area contributed by atoms with Crippen LogP contribution < -0.4 is 4.74 Å². The minimum atomic E-state index is -0.250. The number of thioether (sulfide) groups is 1. The number of nitrogens with zero attached hydrogens (tertiary/aromatic N) is 3. The number of esters is 1. The van der Waals surface area contributed by atoms with E-state index in [4.69, 9.17) is 9.47 Å².